The molecule has 0 saturated heterocycles. The van der Waals surface area contributed by atoms with Crippen molar-refractivity contribution >= 4 is 31.9 Å². The minimum Gasteiger partial charge on any atom is -0.497 e. The Kier molecular flexibility index (Phi) is 14.1. The first kappa shape index (κ1) is 49.4. The van der Waals surface area contributed by atoms with Gasteiger partial charge >= 0.3 is 0 Å². The molecule has 0 aromatic heterocycles. The van der Waals surface area contributed by atoms with Crippen LogP contribution in [0.5, 0.6) is 23.0 Å². The summed E-state index contributed by atoms with van der Waals surface area (Å²) in [5.41, 5.74) is 23.1. The molecule has 4 nitrogen and oxygen atoms in total. The molecule has 11 rings (SSSR count). The molecule has 74 heavy (non-hydrogen) atoms. The molecule has 2 aliphatic carbocycles. The maximum absolute atomic E-state index is 5.45. The molecule has 6 heteroatoms. The fourth-order valence-corrected chi connectivity index (χ4v) is 13.1. The molecule has 9 aromatic carbocycles. The summed E-state index contributed by atoms with van der Waals surface area (Å²) >= 11 is 9.14. The van der Waals surface area contributed by atoms with Crippen LogP contribution >= 0.6 is 31.9 Å². The highest BCUT2D eigenvalue weighted by Gasteiger charge is 2.46. The van der Waals surface area contributed by atoms with Gasteiger partial charge in [0.15, 0.2) is 0 Å². The average Bonchev–Trinajstić information content (AvgIpc) is 3.86. The lowest BCUT2D eigenvalue weighted by Crippen LogP contribution is -2.22. The van der Waals surface area contributed by atoms with Crippen LogP contribution in [-0.4, -0.2) is 28.4 Å². The molecule has 0 bridgehead atoms. The van der Waals surface area contributed by atoms with Crippen LogP contribution in [0.3, 0.4) is 0 Å². The first-order valence-electron chi connectivity index (χ1n) is 25.7. The maximum Gasteiger partial charge on any atom is 0.118 e. The average molecular weight is 1100 g/mol. The molecule has 370 valence electrons. The second-order valence-corrected chi connectivity index (χ2v) is 22.2. The van der Waals surface area contributed by atoms with Crippen molar-refractivity contribution in [3.8, 4) is 45.3 Å². The van der Waals surface area contributed by atoms with Crippen LogP contribution < -0.4 is 18.9 Å². The van der Waals surface area contributed by atoms with E-state index in [1.165, 1.54) is 100 Å². The summed E-state index contributed by atoms with van der Waals surface area (Å²) in [6.07, 6.45) is 7.49. The van der Waals surface area contributed by atoms with Crippen LogP contribution in [0, 0.1) is 0 Å². The van der Waals surface area contributed by atoms with Crippen LogP contribution in [0.2, 0.25) is 0 Å². The smallest absolute Gasteiger partial charge is 0.118 e. The number of hydrogen-bond donors (Lipinski definition) is 0. The lowest BCUT2D eigenvalue weighted by Gasteiger charge is -2.30. The van der Waals surface area contributed by atoms with Crippen molar-refractivity contribution in [1.29, 1.82) is 0 Å². The van der Waals surface area contributed by atoms with E-state index in [4.69, 9.17) is 18.9 Å². The molecule has 0 unspecified atom stereocenters. The summed E-state index contributed by atoms with van der Waals surface area (Å²) in [6.45, 7) is 0. The van der Waals surface area contributed by atoms with Crippen molar-refractivity contribution in [3.63, 3.8) is 0 Å². The number of rotatable bonds is 18. The molecule has 2 aliphatic rings. The Bertz CT molecular complexity index is 3000. The third kappa shape index (κ3) is 9.59. The normalized spacial score (nSPS) is 13.4. The van der Waals surface area contributed by atoms with Crippen LogP contribution in [-0.2, 0) is 60.0 Å². The van der Waals surface area contributed by atoms with E-state index in [0.29, 0.717) is 0 Å². The third-order valence-electron chi connectivity index (χ3n) is 15.5. The molecular weight excluding hydrogens is 1040 g/mol. The van der Waals surface area contributed by atoms with Gasteiger partial charge in [0.2, 0.25) is 0 Å². The highest BCUT2D eigenvalue weighted by atomic mass is 79.9. The molecule has 0 fully saturated rings. The van der Waals surface area contributed by atoms with Gasteiger partial charge in [0.1, 0.15) is 31.6 Å². The number of halogens is 2. The predicted molar refractivity (Wildman–Crippen MR) is 309 cm³/mol. The van der Waals surface area contributed by atoms with E-state index in [1.54, 1.807) is 28.4 Å². The number of hydrogen-bond acceptors (Lipinski definition) is 4. The topological polar surface area (TPSA) is 36.9 Å². The van der Waals surface area contributed by atoms with Gasteiger partial charge in [-0.3, -0.25) is 0 Å². The second kappa shape index (κ2) is 21.2. The van der Waals surface area contributed by atoms with Crippen molar-refractivity contribution < 1.29 is 18.9 Å². The number of alkyl halides is 2. The van der Waals surface area contributed by atoms with E-state index >= 15 is 0 Å². The van der Waals surface area contributed by atoms with Gasteiger partial charge in [-0.25, -0.2) is 0 Å². The molecule has 0 aliphatic heterocycles. The Morgan fingerprint density at radius 3 is 0.649 bits per heavy atom. The summed E-state index contributed by atoms with van der Waals surface area (Å²) < 4.78 is 20.7. The Morgan fingerprint density at radius 2 is 0.446 bits per heavy atom. The maximum atomic E-state index is 5.45. The van der Waals surface area contributed by atoms with Gasteiger partial charge in [0, 0.05) is 0 Å². The molecule has 0 heterocycles. The first-order valence-corrected chi connectivity index (χ1v) is 27.3. The van der Waals surface area contributed by atoms with Crippen molar-refractivity contribution in [3.05, 3.63) is 272 Å². The summed E-state index contributed by atoms with van der Waals surface area (Å²) in [7, 11) is 6.87. The monoisotopic (exact) mass is 1100 g/mol. The summed E-state index contributed by atoms with van der Waals surface area (Å²) in [5.74, 6) is 3.52. The van der Waals surface area contributed by atoms with E-state index in [1.807, 2.05) is 0 Å². The van der Waals surface area contributed by atoms with Crippen LogP contribution in [0.25, 0.3) is 22.3 Å². The molecule has 0 N–H and O–H groups in total. The minimum atomic E-state index is -0.573. The Balaban J connectivity index is 0.963. The number of ether oxygens (including phenoxy) is 4. The van der Waals surface area contributed by atoms with E-state index < -0.39 is 8.65 Å². The summed E-state index contributed by atoms with van der Waals surface area (Å²) in [6, 6.07) is 71.9. The second-order valence-electron chi connectivity index (χ2n) is 19.8. The molecular formula is C68H60Br2O4. The van der Waals surface area contributed by atoms with Crippen LogP contribution in [0.4, 0.5) is 0 Å². The molecule has 0 radical (unpaired) electrons. The zero-order chi connectivity index (χ0) is 50.8. The van der Waals surface area contributed by atoms with E-state index in [9.17, 15) is 0 Å². The molecule has 0 spiro atoms. The van der Waals surface area contributed by atoms with Gasteiger partial charge < -0.3 is 18.9 Å². The van der Waals surface area contributed by atoms with Crippen molar-refractivity contribution in [2.24, 2.45) is 0 Å². The first-order chi connectivity index (χ1) is 36.2. The number of benzene rings is 9. The lowest BCUT2D eigenvalue weighted by atomic mass is 9.83. The van der Waals surface area contributed by atoms with Crippen molar-refractivity contribution in [1.82, 2.24) is 0 Å². The zero-order valence-electron chi connectivity index (χ0n) is 42.5. The van der Waals surface area contributed by atoms with Crippen molar-refractivity contribution in [2.45, 2.75) is 60.0 Å². The highest BCUT2D eigenvalue weighted by Crippen LogP contribution is 2.59. The minimum absolute atomic E-state index is 0.573. The Labute approximate surface area is 453 Å². The van der Waals surface area contributed by atoms with E-state index in [2.05, 4.69) is 226 Å². The Hall–Kier alpha value is -6.86. The number of fused-ring (bicyclic) bond motifs is 6. The summed E-state index contributed by atoms with van der Waals surface area (Å²) in [5, 5.41) is 0. The van der Waals surface area contributed by atoms with Gasteiger partial charge in [-0.15, -0.1) is 0 Å². The fraction of sp³-hybridized carbons (Fsp3) is 0.206. The van der Waals surface area contributed by atoms with Gasteiger partial charge in [0.05, 0.1) is 28.4 Å². The van der Waals surface area contributed by atoms with E-state index in [0.717, 1.165) is 74.4 Å². The fourth-order valence-electron chi connectivity index (χ4n) is 11.2. The third-order valence-corrected chi connectivity index (χ3v) is 18.2. The van der Waals surface area contributed by atoms with Crippen molar-refractivity contribution in [2.75, 3.05) is 28.4 Å². The SMILES string of the molecule is COc1ccc(CCc2ccc3c(c2)C(Br)(c2ccc(C4(Br)c5cc(CCc6ccc(OC)cc6)ccc5-c5ccc(CCc6ccc(OC)cc6)cc54)cc2)c2cc(CCc4ccc(OC)cc4)ccc2-3)cc1. The number of aryl methyl sites for hydroxylation is 8. The van der Waals surface area contributed by atoms with Gasteiger partial charge in [-0.1, -0.05) is 177 Å². The summed E-state index contributed by atoms with van der Waals surface area (Å²) in [4.78, 5) is 0. The molecule has 0 amide bonds. The van der Waals surface area contributed by atoms with Crippen LogP contribution in [0.1, 0.15) is 77.9 Å². The highest BCUT2D eigenvalue weighted by molar-refractivity contribution is 9.10. The Morgan fingerprint density at radius 1 is 0.257 bits per heavy atom. The number of methoxy groups -OCH3 is 4. The van der Waals surface area contributed by atoms with E-state index in [-0.39, 0.29) is 0 Å². The lowest BCUT2D eigenvalue weighted by molar-refractivity contribution is 0.414. The standard InChI is InChI=1S/C68H60Br2O4/c1-71-55-29-13-45(14-30-55)5-9-49-21-37-59-60-38-22-50(10-6-46-15-31-56(72-2)32-16-46)42-64(60)67(69,63(59)41-49)53-25-27-54(28-26-53)68(70)65-43-51(11-7-47-17-33-57(73-3)34-18-47)23-39-61(65)62-40-24-52(44-66(62)68)12-8-48-19-35-58(74-4)36-20-48/h13-44H,5-12H2,1-4H3. The van der Waals surface area contributed by atoms with Crippen LogP contribution in [0.15, 0.2) is 194 Å². The molecule has 0 atom stereocenters. The van der Waals surface area contributed by atoms with Gasteiger partial charge in [-0.2, -0.15) is 0 Å². The van der Waals surface area contributed by atoms with Gasteiger partial charge in [-0.05, 0) is 200 Å². The molecule has 9 aromatic rings. The quantitative estimate of drug-likeness (QED) is 0.0803. The molecule has 0 saturated carbocycles. The van der Waals surface area contributed by atoms with Gasteiger partial charge in [0.25, 0.3) is 0 Å². The zero-order valence-corrected chi connectivity index (χ0v) is 45.7. The predicted octanol–water partition coefficient (Wildman–Crippen LogP) is 16.2. The largest absolute Gasteiger partial charge is 0.497 e.